The second-order valence-electron chi connectivity index (χ2n) is 12.6. The molecule has 0 radical (unpaired) electrons. The van der Waals surface area contributed by atoms with Crippen molar-refractivity contribution in [3.8, 4) is 11.5 Å². The number of rotatable bonds is 11. The van der Waals surface area contributed by atoms with Gasteiger partial charge in [0, 0.05) is 51.5 Å². The van der Waals surface area contributed by atoms with Crippen molar-refractivity contribution in [1.82, 2.24) is 10.2 Å². The summed E-state index contributed by atoms with van der Waals surface area (Å²) < 4.78 is 12.8. The van der Waals surface area contributed by atoms with Gasteiger partial charge in [-0.15, -0.1) is 0 Å². The predicted octanol–water partition coefficient (Wildman–Crippen LogP) is -0.332. The Morgan fingerprint density at radius 3 is 2.86 bits per heavy atom. The largest absolute Gasteiger partial charge is 0.477 e. The Morgan fingerprint density at radius 2 is 2.14 bits per heavy atom. The summed E-state index contributed by atoms with van der Waals surface area (Å²) in [5, 5.41) is 15.2. The molecule has 1 spiro atoms. The quantitative estimate of drug-likeness (QED) is 0.0745. The van der Waals surface area contributed by atoms with Crippen LogP contribution in [0.4, 0.5) is 4.79 Å². The van der Waals surface area contributed by atoms with Gasteiger partial charge in [0.1, 0.15) is 11.6 Å². The number of guanidine groups is 1. The highest BCUT2D eigenvalue weighted by Crippen LogP contribution is 2.65. The SMILES string of the molecule is C=CC[N+]1(C)CC[C@]23c4c5ccc(OC(=O)N(C)CCNC(=O)[C@@H](N)CCCN=C(N)N)c4O[C@H]2C(=O)CC[C@@]3(O)[C@@H]1C5. The molecule has 13 nitrogen and oxygen atoms in total. The Labute approximate surface area is 251 Å². The summed E-state index contributed by atoms with van der Waals surface area (Å²) in [6.07, 6.45) is 3.22. The topological polar surface area (TPSA) is 196 Å². The van der Waals surface area contributed by atoms with E-state index in [-0.39, 0.29) is 49.0 Å². The van der Waals surface area contributed by atoms with Crippen molar-refractivity contribution in [1.29, 1.82) is 0 Å². The Bertz CT molecular complexity index is 1350. The molecule has 1 aromatic carbocycles. The number of likely N-dealkylation sites (tertiary alicyclic amines) is 1. The van der Waals surface area contributed by atoms with Crippen LogP contribution in [0.25, 0.3) is 0 Å². The lowest BCUT2D eigenvalue weighted by atomic mass is 9.48. The standard InChI is InChI=1S/C30H43N7O6/c1-4-15-37(3)16-11-29-23-18-7-8-21(24(23)43-25(29)20(38)9-10-30(29,41)22(37)17-18)42-28(40)36(2)14-13-34-26(39)19(31)6-5-12-35-27(32)33/h4,7-8,19,22,25,41H,1,5-6,9-17,31H2,2-3H3,(H4-,32,33,34,35,39)/p+1/t19-,22-,25-,29-,30+,37?/m0/s1. The molecule has 1 saturated heterocycles. The molecule has 2 heterocycles. The van der Waals surface area contributed by atoms with E-state index in [0.717, 1.165) is 24.2 Å². The minimum atomic E-state index is -1.14. The van der Waals surface area contributed by atoms with E-state index in [9.17, 15) is 19.5 Å². The van der Waals surface area contributed by atoms with E-state index >= 15 is 0 Å². The maximum Gasteiger partial charge on any atom is 0.415 e. The third-order valence-corrected chi connectivity index (χ3v) is 9.99. The van der Waals surface area contributed by atoms with Crippen molar-refractivity contribution in [2.24, 2.45) is 22.2 Å². The highest BCUT2D eigenvalue weighted by atomic mass is 16.6. The molecule has 2 aliphatic carbocycles. The number of benzene rings is 1. The van der Waals surface area contributed by atoms with E-state index in [0.29, 0.717) is 48.9 Å². The summed E-state index contributed by atoms with van der Waals surface area (Å²) >= 11 is 0. The van der Waals surface area contributed by atoms with Crippen LogP contribution in [0.15, 0.2) is 29.8 Å². The highest BCUT2D eigenvalue weighted by molar-refractivity contribution is 5.90. The lowest BCUT2D eigenvalue weighted by Gasteiger charge is -2.64. The van der Waals surface area contributed by atoms with Gasteiger partial charge in [0.25, 0.3) is 0 Å². The number of hydrogen-bond acceptors (Lipinski definition) is 8. The fourth-order valence-electron chi connectivity index (χ4n) is 7.80. The van der Waals surface area contributed by atoms with E-state index < -0.39 is 29.3 Å². The molecule has 1 saturated carbocycles. The maximum atomic E-state index is 13.3. The van der Waals surface area contributed by atoms with Crippen LogP contribution in [-0.2, 0) is 21.4 Å². The van der Waals surface area contributed by atoms with Gasteiger partial charge in [0.2, 0.25) is 5.91 Å². The molecule has 2 aliphatic heterocycles. The fraction of sp³-hybridized carbons (Fsp3) is 0.600. The number of ether oxygens (including phenoxy) is 2. The zero-order chi connectivity index (χ0) is 31.2. The molecule has 2 fully saturated rings. The lowest BCUT2D eigenvalue weighted by Crippen LogP contribution is -2.80. The van der Waals surface area contributed by atoms with Crippen LogP contribution in [-0.4, -0.2) is 109 Å². The summed E-state index contributed by atoms with van der Waals surface area (Å²) in [4.78, 5) is 43.9. The number of quaternary nitrogens is 1. The smallest absolute Gasteiger partial charge is 0.415 e. The van der Waals surface area contributed by atoms with E-state index in [1.165, 1.54) is 4.90 Å². The van der Waals surface area contributed by atoms with Crippen molar-refractivity contribution >= 4 is 23.7 Å². The number of amides is 2. The third-order valence-electron chi connectivity index (χ3n) is 9.99. The highest BCUT2D eigenvalue weighted by Gasteiger charge is 2.76. The van der Waals surface area contributed by atoms with Gasteiger partial charge >= 0.3 is 6.09 Å². The first-order valence-electron chi connectivity index (χ1n) is 14.9. The van der Waals surface area contributed by atoms with E-state index in [1.54, 1.807) is 13.1 Å². The van der Waals surface area contributed by atoms with E-state index in [4.69, 9.17) is 26.7 Å². The van der Waals surface area contributed by atoms with Gasteiger partial charge < -0.3 is 46.5 Å². The van der Waals surface area contributed by atoms with Gasteiger partial charge in [-0.25, -0.2) is 4.79 Å². The molecule has 6 atom stereocenters. The normalized spacial score (nSPS) is 30.4. The molecule has 234 valence electrons. The zero-order valence-electron chi connectivity index (χ0n) is 25.0. The van der Waals surface area contributed by atoms with Gasteiger partial charge in [-0.05, 0) is 37.0 Å². The molecule has 1 unspecified atom stereocenters. The Hall–Kier alpha value is -3.68. The number of nitrogens with two attached hydrogens (primary N) is 3. The molecular weight excluding hydrogens is 554 g/mol. The summed E-state index contributed by atoms with van der Waals surface area (Å²) in [5.74, 6) is 0.206. The Kier molecular flexibility index (Phi) is 8.18. The summed E-state index contributed by atoms with van der Waals surface area (Å²) in [6, 6.07) is 2.80. The van der Waals surface area contributed by atoms with Crippen LogP contribution < -0.4 is 32.0 Å². The second kappa shape index (κ2) is 11.4. The monoisotopic (exact) mass is 598 g/mol. The third kappa shape index (κ3) is 5.02. The van der Waals surface area contributed by atoms with Gasteiger partial charge in [0.05, 0.1) is 31.6 Å². The van der Waals surface area contributed by atoms with Crippen molar-refractivity contribution < 1.29 is 33.4 Å². The minimum absolute atomic E-state index is 0.00887. The van der Waals surface area contributed by atoms with Crippen molar-refractivity contribution in [3.63, 3.8) is 0 Å². The van der Waals surface area contributed by atoms with Crippen LogP contribution in [0.3, 0.4) is 0 Å². The number of nitrogens with one attached hydrogen (secondary N) is 1. The van der Waals surface area contributed by atoms with Crippen LogP contribution in [0, 0.1) is 0 Å². The minimum Gasteiger partial charge on any atom is -0.477 e. The molecule has 2 amide bonds. The van der Waals surface area contributed by atoms with Gasteiger partial charge in [-0.2, -0.15) is 0 Å². The van der Waals surface area contributed by atoms with Gasteiger partial charge in [-0.1, -0.05) is 12.6 Å². The molecule has 1 aromatic rings. The Morgan fingerprint density at radius 1 is 1.37 bits per heavy atom. The van der Waals surface area contributed by atoms with Gasteiger partial charge in [0.15, 0.2) is 29.3 Å². The lowest BCUT2D eigenvalue weighted by molar-refractivity contribution is -0.944. The maximum absolute atomic E-state index is 13.3. The molecule has 43 heavy (non-hydrogen) atoms. The first-order valence-corrected chi connectivity index (χ1v) is 14.9. The number of aliphatic imine (C=N–C) groups is 1. The van der Waals surface area contributed by atoms with Crippen molar-refractivity contribution in [2.75, 3.05) is 46.8 Å². The van der Waals surface area contributed by atoms with E-state index in [1.807, 2.05) is 12.1 Å². The summed E-state index contributed by atoms with van der Waals surface area (Å²) in [5.41, 5.74) is 16.3. The van der Waals surface area contributed by atoms with E-state index in [2.05, 4.69) is 23.9 Å². The number of piperidine rings is 1. The van der Waals surface area contributed by atoms with Crippen LogP contribution >= 0.6 is 0 Å². The van der Waals surface area contributed by atoms with Crippen molar-refractivity contribution in [3.05, 3.63) is 35.9 Å². The number of likely N-dealkylation sites (N-methyl/N-ethyl adjacent to an activating group) is 2. The number of Topliss-reactive ketones (excluding diaryl/α,β-unsaturated/α-hetero) is 1. The number of ketones is 1. The molecule has 8 N–H and O–H groups in total. The van der Waals surface area contributed by atoms with Crippen LogP contribution in [0.5, 0.6) is 11.5 Å². The number of aliphatic hydroxyl groups is 1. The summed E-state index contributed by atoms with van der Waals surface area (Å²) in [7, 11) is 3.72. The van der Waals surface area contributed by atoms with Gasteiger partial charge in [-0.3, -0.25) is 14.6 Å². The molecule has 13 heteroatoms. The van der Waals surface area contributed by atoms with Crippen molar-refractivity contribution in [2.45, 2.75) is 67.7 Å². The average molecular weight is 599 g/mol. The number of hydrogen-bond donors (Lipinski definition) is 5. The Balaban J connectivity index is 1.28. The summed E-state index contributed by atoms with van der Waals surface area (Å²) in [6.45, 7) is 6.18. The van der Waals surface area contributed by atoms with Crippen LogP contribution in [0.1, 0.15) is 43.2 Å². The fourth-order valence-corrected chi connectivity index (χ4v) is 7.80. The number of nitrogens with zero attached hydrogens (tertiary/aromatic N) is 3. The predicted molar refractivity (Wildman–Crippen MR) is 160 cm³/mol. The molecule has 2 bridgehead atoms. The van der Waals surface area contributed by atoms with Crippen LogP contribution in [0.2, 0.25) is 0 Å². The molecule has 4 aliphatic rings. The first-order chi connectivity index (χ1) is 20.4. The zero-order valence-corrected chi connectivity index (χ0v) is 25.0. The molecule has 5 rings (SSSR count). The molecule has 0 aromatic heterocycles. The average Bonchev–Trinajstić information content (AvgIpc) is 3.32. The number of carbonyl (C=O) groups is 3. The second-order valence-corrected chi connectivity index (χ2v) is 12.6. The number of carbonyl (C=O) groups excluding carboxylic acids is 3. The first kappa shape index (κ1) is 30.8. The molecular formula is C30H44N7O6+.